The summed E-state index contributed by atoms with van der Waals surface area (Å²) in [6.07, 6.45) is 0. The van der Waals surface area contributed by atoms with Crippen LogP contribution in [-0.2, 0) is 5.41 Å². The molecule has 0 aliphatic rings. The maximum Gasteiger partial charge on any atom is 0.0432 e. The van der Waals surface area contributed by atoms with Crippen LogP contribution >= 0.6 is 0 Å². The molecule has 17 heavy (non-hydrogen) atoms. The predicted octanol–water partition coefficient (Wildman–Crippen LogP) is 4.44. The number of rotatable bonds is 2. The molecule has 0 bridgehead atoms. The summed E-state index contributed by atoms with van der Waals surface area (Å²) in [6.45, 7) is 12.4. The van der Waals surface area contributed by atoms with E-state index in [1.807, 2.05) is 33.9 Å². The molecule has 0 aliphatic heterocycles. The highest BCUT2D eigenvalue weighted by Gasteiger charge is 2.15. The molecule has 0 amide bonds. The van der Waals surface area contributed by atoms with Gasteiger partial charge in [-0.1, -0.05) is 46.8 Å². The Hall–Kier alpha value is -1.31. The highest BCUT2D eigenvalue weighted by molar-refractivity contribution is 6.01. The van der Waals surface area contributed by atoms with Crippen molar-refractivity contribution in [1.29, 1.82) is 5.41 Å². The third-order valence-corrected chi connectivity index (χ3v) is 2.56. The van der Waals surface area contributed by atoms with Crippen molar-refractivity contribution in [3.05, 3.63) is 29.3 Å². The molecule has 0 unspecified atom stereocenters. The summed E-state index contributed by atoms with van der Waals surface area (Å²) in [4.78, 5) is 0. The fourth-order valence-electron chi connectivity index (χ4n) is 1.54. The first-order valence-electron chi connectivity index (χ1n) is 6.24. The van der Waals surface area contributed by atoms with Crippen molar-refractivity contribution >= 4 is 11.4 Å². The Balaban J connectivity index is 0.00000121. The van der Waals surface area contributed by atoms with E-state index in [0.717, 1.165) is 11.3 Å². The van der Waals surface area contributed by atoms with E-state index in [9.17, 15) is 0 Å². The van der Waals surface area contributed by atoms with Crippen molar-refractivity contribution in [2.24, 2.45) is 0 Å². The normalized spacial score (nSPS) is 10.3. The Morgan fingerprint density at radius 3 is 2.06 bits per heavy atom. The molecule has 0 saturated carbocycles. The summed E-state index contributed by atoms with van der Waals surface area (Å²) in [5.74, 6) is 0. The minimum atomic E-state index is 0.153. The van der Waals surface area contributed by atoms with Crippen LogP contribution in [0.1, 0.15) is 52.7 Å². The molecular formula is C15H26N2. The van der Waals surface area contributed by atoms with Gasteiger partial charge in [0.1, 0.15) is 0 Å². The molecule has 1 aromatic carbocycles. The van der Waals surface area contributed by atoms with Crippen LogP contribution in [-0.4, -0.2) is 12.8 Å². The van der Waals surface area contributed by atoms with Crippen molar-refractivity contribution in [3.63, 3.8) is 0 Å². The van der Waals surface area contributed by atoms with Crippen LogP contribution in [0.15, 0.2) is 18.2 Å². The van der Waals surface area contributed by atoms with Gasteiger partial charge in [0.05, 0.1) is 0 Å². The van der Waals surface area contributed by atoms with Crippen LogP contribution in [0.4, 0.5) is 5.69 Å². The monoisotopic (exact) mass is 234 g/mol. The van der Waals surface area contributed by atoms with Gasteiger partial charge in [0.25, 0.3) is 0 Å². The minimum Gasteiger partial charge on any atom is -0.388 e. The number of anilines is 1. The molecule has 0 atom stereocenters. The lowest BCUT2D eigenvalue weighted by molar-refractivity contribution is 0.590. The summed E-state index contributed by atoms with van der Waals surface area (Å²) in [5, 5.41) is 10.8. The summed E-state index contributed by atoms with van der Waals surface area (Å²) in [7, 11) is 1.90. The Morgan fingerprint density at radius 2 is 1.71 bits per heavy atom. The second-order valence-corrected chi connectivity index (χ2v) is 4.89. The Kier molecular flexibility index (Phi) is 5.94. The molecule has 1 aromatic rings. The molecule has 2 N–H and O–H groups in total. The van der Waals surface area contributed by atoms with E-state index < -0.39 is 0 Å². The molecule has 0 radical (unpaired) electrons. The van der Waals surface area contributed by atoms with Gasteiger partial charge in [-0.05, 0) is 24.0 Å². The van der Waals surface area contributed by atoms with Gasteiger partial charge in [0.2, 0.25) is 0 Å². The van der Waals surface area contributed by atoms with Gasteiger partial charge >= 0.3 is 0 Å². The topological polar surface area (TPSA) is 35.9 Å². The summed E-state index contributed by atoms with van der Waals surface area (Å²) in [6, 6.07) is 6.26. The SMILES string of the molecule is CC.CNc1cc(C(C)(C)C)ccc1C(C)=N. The average Bonchev–Trinajstić information content (AvgIpc) is 2.29. The Labute approximate surface area is 106 Å². The van der Waals surface area contributed by atoms with Crippen LogP contribution in [0, 0.1) is 5.41 Å². The van der Waals surface area contributed by atoms with E-state index in [-0.39, 0.29) is 5.41 Å². The lowest BCUT2D eigenvalue weighted by Crippen LogP contribution is -2.12. The van der Waals surface area contributed by atoms with Crippen molar-refractivity contribution < 1.29 is 0 Å². The Morgan fingerprint density at radius 1 is 1.18 bits per heavy atom. The van der Waals surface area contributed by atoms with E-state index >= 15 is 0 Å². The lowest BCUT2D eigenvalue weighted by Gasteiger charge is -2.21. The molecule has 2 nitrogen and oxygen atoms in total. The van der Waals surface area contributed by atoms with E-state index in [4.69, 9.17) is 5.41 Å². The van der Waals surface area contributed by atoms with Gasteiger partial charge in [-0.3, -0.25) is 0 Å². The number of hydrogen-bond acceptors (Lipinski definition) is 2. The number of nitrogens with one attached hydrogen (secondary N) is 2. The maximum atomic E-state index is 7.67. The van der Waals surface area contributed by atoms with Crippen LogP contribution in [0.5, 0.6) is 0 Å². The van der Waals surface area contributed by atoms with Gasteiger partial charge in [0, 0.05) is 24.0 Å². The van der Waals surface area contributed by atoms with Gasteiger partial charge < -0.3 is 10.7 Å². The second-order valence-electron chi connectivity index (χ2n) is 4.89. The first-order chi connectivity index (χ1) is 7.86. The second kappa shape index (κ2) is 6.43. The zero-order valence-corrected chi connectivity index (χ0v) is 12.2. The highest BCUT2D eigenvalue weighted by atomic mass is 14.8. The summed E-state index contributed by atoms with van der Waals surface area (Å²) >= 11 is 0. The smallest absolute Gasteiger partial charge is 0.0432 e. The fraction of sp³-hybridized carbons (Fsp3) is 0.533. The molecule has 0 aromatic heterocycles. The first kappa shape index (κ1) is 15.7. The first-order valence-corrected chi connectivity index (χ1v) is 6.24. The van der Waals surface area contributed by atoms with Crippen LogP contribution in [0.25, 0.3) is 0 Å². The average molecular weight is 234 g/mol. The van der Waals surface area contributed by atoms with E-state index in [0.29, 0.717) is 5.71 Å². The van der Waals surface area contributed by atoms with Gasteiger partial charge in [0.15, 0.2) is 0 Å². The van der Waals surface area contributed by atoms with Crippen LogP contribution in [0.2, 0.25) is 0 Å². The number of hydrogen-bond donors (Lipinski definition) is 2. The quantitative estimate of drug-likeness (QED) is 0.729. The van der Waals surface area contributed by atoms with Crippen LogP contribution < -0.4 is 5.32 Å². The highest BCUT2D eigenvalue weighted by Crippen LogP contribution is 2.27. The van der Waals surface area contributed by atoms with E-state index in [2.05, 4.69) is 38.2 Å². The van der Waals surface area contributed by atoms with Gasteiger partial charge in [-0.25, -0.2) is 0 Å². The maximum absolute atomic E-state index is 7.67. The molecule has 0 aliphatic carbocycles. The molecule has 0 heterocycles. The number of benzene rings is 1. The third-order valence-electron chi connectivity index (χ3n) is 2.56. The molecular weight excluding hydrogens is 208 g/mol. The lowest BCUT2D eigenvalue weighted by atomic mass is 9.86. The van der Waals surface area contributed by atoms with Crippen molar-refractivity contribution in [2.45, 2.75) is 47.0 Å². The van der Waals surface area contributed by atoms with Crippen molar-refractivity contribution in [3.8, 4) is 0 Å². The zero-order chi connectivity index (χ0) is 13.6. The molecule has 0 spiro atoms. The van der Waals surface area contributed by atoms with E-state index in [1.165, 1.54) is 5.56 Å². The van der Waals surface area contributed by atoms with Crippen LogP contribution in [0.3, 0.4) is 0 Å². The van der Waals surface area contributed by atoms with E-state index in [1.54, 1.807) is 0 Å². The molecule has 0 saturated heterocycles. The van der Waals surface area contributed by atoms with Gasteiger partial charge in [-0.15, -0.1) is 0 Å². The Bertz CT molecular complexity index is 373. The standard InChI is InChI=1S/C13H20N2.C2H6/c1-9(14)11-7-6-10(13(2,3)4)8-12(11)15-5;1-2/h6-8,14-15H,1-5H3;1-2H3. The van der Waals surface area contributed by atoms with Crippen molar-refractivity contribution in [2.75, 3.05) is 12.4 Å². The fourth-order valence-corrected chi connectivity index (χ4v) is 1.54. The molecule has 2 heteroatoms. The summed E-state index contributed by atoms with van der Waals surface area (Å²) in [5.41, 5.74) is 4.05. The third kappa shape index (κ3) is 4.22. The molecule has 0 fully saturated rings. The minimum absolute atomic E-state index is 0.153. The molecule has 1 rings (SSSR count). The summed E-state index contributed by atoms with van der Waals surface area (Å²) < 4.78 is 0. The van der Waals surface area contributed by atoms with Crippen molar-refractivity contribution in [1.82, 2.24) is 0 Å². The zero-order valence-electron chi connectivity index (χ0n) is 12.2. The van der Waals surface area contributed by atoms with Gasteiger partial charge in [-0.2, -0.15) is 0 Å². The molecule has 96 valence electrons. The predicted molar refractivity (Wildman–Crippen MR) is 78.5 cm³/mol. The largest absolute Gasteiger partial charge is 0.388 e.